The second-order valence-electron chi connectivity index (χ2n) is 10.5. The molecule has 1 aromatic heterocycles. The monoisotopic (exact) mass is 517 g/mol. The first-order valence-electron chi connectivity index (χ1n) is 12.5. The van der Waals surface area contributed by atoms with E-state index in [0.717, 1.165) is 5.56 Å². The summed E-state index contributed by atoms with van der Waals surface area (Å²) < 4.78 is 5.12. The Balaban J connectivity index is 2.06. The van der Waals surface area contributed by atoms with E-state index in [1.807, 2.05) is 45.0 Å². The minimum absolute atomic E-state index is 0.0708. The summed E-state index contributed by atoms with van der Waals surface area (Å²) in [5, 5.41) is 5.56. The maximum absolute atomic E-state index is 13.7. The Morgan fingerprint density at radius 3 is 2.00 bits per heavy atom. The normalized spacial score (nSPS) is 12.1. The van der Waals surface area contributed by atoms with Crippen molar-refractivity contribution in [3.05, 3.63) is 89.4 Å². The molecule has 3 aromatic rings. The number of hydrogen-bond acceptors (Lipinski definition) is 5. The number of amides is 3. The van der Waals surface area contributed by atoms with Crippen LogP contribution in [0.3, 0.4) is 0 Å². The van der Waals surface area contributed by atoms with Gasteiger partial charge in [0.25, 0.3) is 5.91 Å². The van der Waals surface area contributed by atoms with Gasteiger partial charge in [-0.1, -0.05) is 38.1 Å². The van der Waals surface area contributed by atoms with Gasteiger partial charge in [-0.3, -0.25) is 24.1 Å². The number of furan rings is 1. The standard InChI is InChI=1S/C30H35N3O5/c1-19(2)21-9-11-23(12-10-21)27(29(37)32-30(4,5)6)33(24-15-13-22(14-16-24)20(3)34)26(35)18-31-28(36)25-8-7-17-38-25/h7-17,19,27H,18H2,1-6H3,(H,31,36)(H,32,37). The molecule has 0 radical (unpaired) electrons. The number of nitrogens with one attached hydrogen (secondary N) is 2. The molecule has 0 saturated carbocycles. The molecule has 0 aliphatic heterocycles. The van der Waals surface area contributed by atoms with Gasteiger partial charge in [-0.05, 0) is 81.1 Å². The molecule has 8 heteroatoms. The highest BCUT2D eigenvalue weighted by Crippen LogP contribution is 2.30. The van der Waals surface area contributed by atoms with Crippen molar-refractivity contribution in [1.82, 2.24) is 10.6 Å². The van der Waals surface area contributed by atoms with Gasteiger partial charge in [-0.2, -0.15) is 0 Å². The molecule has 0 aliphatic carbocycles. The zero-order valence-electron chi connectivity index (χ0n) is 22.7. The summed E-state index contributed by atoms with van der Waals surface area (Å²) >= 11 is 0. The Kier molecular flexibility index (Phi) is 8.88. The van der Waals surface area contributed by atoms with Gasteiger partial charge in [-0.15, -0.1) is 0 Å². The Morgan fingerprint density at radius 1 is 0.895 bits per heavy atom. The second-order valence-corrected chi connectivity index (χ2v) is 10.5. The quantitative estimate of drug-likeness (QED) is 0.387. The molecule has 1 unspecified atom stereocenters. The molecule has 8 nitrogen and oxygen atoms in total. The first-order chi connectivity index (χ1) is 17.9. The first kappa shape index (κ1) is 28.4. The molecule has 3 amide bonds. The number of hydrogen-bond donors (Lipinski definition) is 2. The lowest BCUT2D eigenvalue weighted by Crippen LogP contribution is -2.51. The van der Waals surface area contributed by atoms with Crippen molar-refractivity contribution in [2.75, 3.05) is 11.4 Å². The molecule has 2 aromatic carbocycles. The van der Waals surface area contributed by atoms with E-state index in [1.165, 1.54) is 24.2 Å². The largest absolute Gasteiger partial charge is 0.459 e. The zero-order chi connectivity index (χ0) is 28.0. The van der Waals surface area contributed by atoms with Crippen LogP contribution in [0.15, 0.2) is 71.3 Å². The Hall–Kier alpha value is -4.20. The number of benzene rings is 2. The number of Topliss-reactive ketones (excluding diaryl/α,β-unsaturated/α-hetero) is 1. The van der Waals surface area contributed by atoms with E-state index in [1.54, 1.807) is 30.3 Å². The highest BCUT2D eigenvalue weighted by Gasteiger charge is 2.34. The van der Waals surface area contributed by atoms with Crippen molar-refractivity contribution in [2.45, 2.75) is 59.0 Å². The van der Waals surface area contributed by atoms with Gasteiger partial charge in [0.1, 0.15) is 6.04 Å². The SMILES string of the molecule is CC(=O)c1ccc(N(C(=O)CNC(=O)c2ccco2)C(C(=O)NC(C)(C)C)c2ccc(C(C)C)cc2)cc1. The van der Waals surface area contributed by atoms with Gasteiger partial charge in [0.05, 0.1) is 12.8 Å². The highest BCUT2D eigenvalue weighted by molar-refractivity contribution is 6.04. The van der Waals surface area contributed by atoms with Crippen LogP contribution in [-0.4, -0.2) is 35.6 Å². The summed E-state index contributed by atoms with van der Waals surface area (Å²) in [6.07, 6.45) is 1.37. The van der Waals surface area contributed by atoms with E-state index in [0.29, 0.717) is 22.7 Å². The number of ketones is 1. The Bertz CT molecular complexity index is 1270. The van der Waals surface area contributed by atoms with Crippen LogP contribution in [0.25, 0.3) is 0 Å². The van der Waals surface area contributed by atoms with E-state index in [9.17, 15) is 19.2 Å². The third kappa shape index (κ3) is 7.18. The number of rotatable bonds is 9. The minimum atomic E-state index is -1.04. The van der Waals surface area contributed by atoms with E-state index in [2.05, 4.69) is 24.5 Å². The van der Waals surface area contributed by atoms with Gasteiger partial charge in [0.2, 0.25) is 11.8 Å². The molecular weight excluding hydrogens is 482 g/mol. The number of nitrogens with zero attached hydrogens (tertiary/aromatic N) is 1. The zero-order valence-corrected chi connectivity index (χ0v) is 22.7. The third-order valence-corrected chi connectivity index (χ3v) is 5.89. The van der Waals surface area contributed by atoms with Gasteiger partial charge in [0, 0.05) is 16.8 Å². The molecule has 1 atom stereocenters. The molecule has 0 bridgehead atoms. The van der Waals surface area contributed by atoms with Crippen LogP contribution in [-0.2, 0) is 9.59 Å². The van der Waals surface area contributed by atoms with Crippen molar-refractivity contribution in [3.8, 4) is 0 Å². The van der Waals surface area contributed by atoms with E-state index >= 15 is 0 Å². The molecule has 1 heterocycles. The Labute approximate surface area is 223 Å². The van der Waals surface area contributed by atoms with Crippen LogP contribution in [0.2, 0.25) is 0 Å². The molecule has 2 N–H and O–H groups in total. The Morgan fingerprint density at radius 2 is 1.50 bits per heavy atom. The lowest BCUT2D eigenvalue weighted by molar-refractivity contribution is -0.127. The van der Waals surface area contributed by atoms with Crippen LogP contribution in [0.5, 0.6) is 0 Å². The number of carbonyl (C=O) groups is 4. The third-order valence-electron chi connectivity index (χ3n) is 5.89. The van der Waals surface area contributed by atoms with Gasteiger partial charge >= 0.3 is 0 Å². The number of carbonyl (C=O) groups excluding carboxylic acids is 4. The second kappa shape index (κ2) is 11.9. The maximum Gasteiger partial charge on any atom is 0.287 e. The topological polar surface area (TPSA) is 109 Å². The molecular formula is C30H35N3O5. The summed E-state index contributed by atoms with van der Waals surface area (Å²) in [6, 6.07) is 16.1. The molecule has 0 spiro atoms. The van der Waals surface area contributed by atoms with Crippen molar-refractivity contribution in [1.29, 1.82) is 0 Å². The van der Waals surface area contributed by atoms with Gasteiger partial charge in [-0.25, -0.2) is 0 Å². The van der Waals surface area contributed by atoms with E-state index in [-0.39, 0.29) is 24.0 Å². The lowest BCUT2D eigenvalue weighted by atomic mass is 9.96. The smallest absolute Gasteiger partial charge is 0.287 e. The predicted molar refractivity (Wildman–Crippen MR) is 146 cm³/mol. The molecule has 38 heavy (non-hydrogen) atoms. The molecule has 0 saturated heterocycles. The number of anilines is 1. The minimum Gasteiger partial charge on any atom is -0.459 e. The molecule has 0 fully saturated rings. The fraction of sp³-hybridized carbons (Fsp3) is 0.333. The summed E-state index contributed by atoms with van der Waals surface area (Å²) in [7, 11) is 0. The van der Waals surface area contributed by atoms with Crippen LogP contribution in [0.1, 0.15) is 85.5 Å². The van der Waals surface area contributed by atoms with Crippen LogP contribution >= 0.6 is 0 Å². The molecule has 200 valence electrons. The lowest BCUT2D eigenvalue weighted by Gasteiger charge is -2.34. The van der Waals surface area contributed by atoms with Crippen molar-refractivity contribution < 1.29 is 23.6 Å². The van der Waals surface area contributed by atoms with Crippen molar-refractivity contribution >= 4 is 29.2 Å². The van der Waals surface area contributed by atoms with Gasteiger partial charge in [0.15, 0.2) is 11.5 Å². The summed E-state index contributed by atoms with van der Waals surface area (Å²) in [5.74, 6) is -1.20. The first-order valence-corrected chi connectivity index (χ1v) is 12.5. The van der Waals surface area contributed by atoms with E-state index in [4.69, 9.17) is 4.42 Å². The van der Waals surface area contributed by atoms with Crippen molar-refractivity contribution in [2.24, 2.45) is 0 Å². The van der Waals surface area contributed by atoms with Crippen LogP contribution in [0.4, 0.5) is 5.69 Å². The predicted octanol–water partition coefficient (Wildman–Crippen LogP) is 5.02. The molecule has 3 rings (SSSR count). The maximum atomic E-state index is 13.7. The van der Waals surface area contributed by atoms with Crippen LogP contribution < -0.4 is 15.5 Å². The fourth-order valence-electron chi connectivity index (χ4n) is 3.95. The highest BCUT2D eigenvalue weighted by atomic mass is 16.3. The molecule has 0 aliphatic rings. The van der Waals surface area contributed by atoms with Gasteiger partial charge < -0.3 is 15.1 Å². The summed E-state index contributed by atoms with van der Waals surface area (Å²) in [6.45, 7) is 10.8. The summed E-state index contributed by atoms with van der Waals surface area (Å²) in [5.41, 5.74) is 2.03. The van der Waals surface area contributed by atoms with Crippen molar-refractivity contribution in [3.63, 3.8) is 0 Å². The average Bonchev–Trinajstić information content (AvgIpc) is 3.40. The fourth-order valence-corrected chi connectivity index (χ4v) is 3.95. The average molecular weight is 518 g/mol. The van der Waals surface area contributed by atoms with E-state index < -0.39 is 23.4 Å². The van der Waals surface area contributed by atoms with Crippen LogP contribution in [0, 0.1) is 0 Å². The summed E-state index contributed by atoms with van der Waals surface area (Å²) in [4.78, 5) is 53.1.